The van der Waals surface area contributed by atoms with Gasteiger partial charge in [0.05, 0.1) is 6.10 Å². The monoisotopic (exact) mass is 178 g/mol. The molecule has 0 spiro atoms. The molecule has 0 aromatic heterocycles. The van der Waals surface area contributed by atoms with Crippen molar-refractivity contribution in [2.75, 3.05) is 0 Å². The van der Waals surface area contributed by atoms with Crippen LogP contribution in [0.1, 0.15) is 39.0 Å². The number of aliphatic hydroxyl groups excluding tert-OH is 1. The number of hydrogen-bond acceptors (Lipinski definition) is 1. The summed E-state index contributed by atoms with van der Waals surface area (Å²) >= 11 is 0. The van der Waals surface area contributed by atoms with E-state index in [4.69, 9.17) is 5.11 Å². The zero-order valence-electron chi connectivity index (χ0n) is 7.39. The second-order valence-corrected chi connectivity index (χ2v) is 3.62. The molecule has 1 saturated carbocycles. The predicted molar refractivity (Wildman–Crippen MR) is 43.2 cm³/mol. The maximum atomic E-state index is 13.1. The van der Waals surface area contributed by atoms with E-state index < -0.39 is 11.8 Å². The summed E-state index contributed by atoms with van der Waals surface area (Å²) in [7, 11) is 0. The molecule has 1 fully saturated rings. The molecule has 1 rings (SSSR count). The van der Waals surface area contributed by atoms with E-state index in [1.807, 2.05) is 0 Å². The van der Waals surface area contributed by atoms with Gasteiger partial charge in [0.2, 0.25) is 0 Å². The van der Waals surface area contributed by atoms with Crippen molar-refractivity contribution < 1.29 is 13.9 Å². The van der Waals surface area contributed by atoms with Crippen LogP contribution in [-0.4, -0.2) is 17.1 Å². The molecular weight excluding hydrogens is 162 g/mol. The third kappa shape index (κ3) is 2.16. The van der Waals surface area contributed by atoms with Crippen LogP contribution >= 0.6 is 0 Å². The van der Waals surface area contributed by atoms with Gasteiger partial charge in [0.25, 0.3) is 5.92 Å². The third-order valence-corrected chi connectivity index (χ3v) is 2.77. The highest BCUT2D eigenvalue weighted by Gasteiger charge is 2.39. The van der Waals surface area contributed by atoms with E-state index in [1.54, 1.807) is 0 Å². The van der Waals surface area contributed by atoms with E-state index >= 15 is 0 Å². The van der Waals surface area contributed by atoms with Gasteiger partial charge in [0.1, 0.15) is 0 Å². The van der Waals surface area contributed by atoms with Gasteiger partial charge in [0, 0.05) is 12.3 Å². The minimum atomic E-state index is -2.51. The van der Waals surface area contributed by atoms with Crippen molar-refractivity contribution in [1.29, 1.82) is 0 Å². The first-order chi connectivity index (χ1) is 5.56. The fourth-order valence-electron chi connectivity index (χ4n) is 1.79. The second-order valence-electron chi connectivity index (χ2n) is 3.62. The highest BCUT2D eigenvalue weighted by molar-refractivity contribution is 4.81. The van der Waals surface area contributed by atoms with Crippen molar-refractivity contribution in [3.05, 3.63) is 0 Å². The average Bonchev–Trinajstić information content (AvgIpc) is 2.05. The van der Waals surface area contributed by atoms with Gasteiger partial charge in [-0.05, 0) is 25.7 Å². The lowest BCUT2D eigenvalue weighted by molar-refractivity contribution is -0.0836. The van der Waals surface area contributed by atoms with E-state index in [0.717, 1.165) is 0 Å². The van der Waals surface area contributed by atoms with Crippen molar-refractivity contribution in [2.45, 2.75) is 51.1 Å². The Morgan fingerprint density at radius 1 is 1.25 bits per heavy atom. The number of aliphatic hydroxyl groups is 1. The Kier molecular flexibility index (Phi) is 3.04. The van der Waals surface area contributed by atoms with Gasteiger partial charge < -0.3 is 5.11 Å². The topological polar surface area (TPSA) is 20.2 Å². The standard InChI is InChI=1S/C9H16F2O/c1-2-9(10,11)7-3-5-8(12)6-4-7/h7-8,12H,2-6H2,1H3/t7-,8-. The fourth-order valence-corrected chi connectivity index (χ4v) is 1.79. The Morgan fingerprint density at radius 2 is 1.75 bits per heavy atom. The molecule has 1 aliphatic rings. The molecule has 0 saturated heterocycles. The van der Waals surface area contributed by atoms with Gasteiger partial charge in [-0.2, -0.15) is 0 Å². The summed E-state index contributed by atoms with van der Waals surface area (Å²) in [6.07, 6.45) is 1.62. The van der Waals surface area contributed by atoms with Crippen molar-refractivity contribution >= 4 is 0 Å². The minimum absolute atomic E-state index is 0.0756. The summed E-state index contributed by atoms with van der Waals surface area (Å²) in [6, 6.07) is 0. The van der Waals surface area contributed by atoms with Crippen LogP contribution in [0.15, 0.2) is 0 Å². The maximum Gasteiger partial charge on any atom is 0.250 e. The van der Waals surface area contributed by atoms with E-state index in [-0.39, 0.29) is 12.5 Å². The first kappa shape index (κ1) is 9.90. The van der Waals surface area contributed by atoms with E-state index in [2.05, 4.69) is 0 Å². The van der Waals surface area contributed by atoms with Crippen LogP contribution in [0.25, 0.3) is 0 Å². The lowest BCUT2D eigenvalue weighted by atomic mass is 9.82. The lowest BCUT2D eigenvalue weighted by Gasteiger charge is -2.31. The molecule has 1 aliphatic carbocycles. The van der Waals surface area contributed by atoms with Crippen molar-refractivity contribution in [3.8, 4) is 0 Å². The van der Waals surface area contributed by atoms with E-state index in [9.17, 15) is 8.78 Å². The first-order valence-electron chi connectivity index (χ1n) is 4.62. The smallest absolute Gasteiger partial charge is 0.250 e. The van der Waals surface area contributed by atoms with Crippen LogP contribution in [0.2, 0.25) is 0 Å². The lowest BCUT2D eigenvalue weighted by Crippen LogP contribution is -2.32. The van der Waals surface area contributed by atoms with Crippen LogP contribution in [0, 0.1) is 5.92 Å². The largest absolute Gasteiger partial charge is 0.393 e. The molecule has 0 aromatic rings. The SMILES string of the molecule is CCC(F)(F)[C@H]1CC[C@H](O)CC1. The van der Waals surface area contributed by atoms with Gasteiger partial charge in [-0.15, -0.1) is 0 Å². The molecule has 1 N–H and O–H groups in total. The maximum absolute atomic E-state index is 13.1. The molecule has 0 bridgehead atoms. The van der Waals surface area contributed by atoms with Gasteiger partial charge in [-0.25, -0.2) is 8.78 Å². The highest BCUT2D eigenvalue weighted by Crippen LogP contribution is 2.38. The molecule has 0 heterocycles. The molecule has 72 valence electrons. The Hall–Kier alpha value is -0.180. The predicted octanol–water partition coefficient (Wildman–Crippen LogP) is 2.58. The van der Waals surface area contributed by atoms with Crippen LogP contribution in [0.5, 0.6) is 0 Å². The highest BCUT2D eigenvalue weighted by atomic mass is 19.3. The molecular formula is C9H16F2O. The molecule has 12 heavy (non-hydrogen) atoms. The molecule has 1 nitrogen and oxygen atoms in total. The zero-order chi connectivity index (χ0) is 9.19. The molecule has 0 aromatic carbocycles. The number of alkyl halides is 2. The van der Waals surface area contributed by atoms with Crippen LogP contribution in [0.3, 0.4) is 0 Å². The fraction of sp³-hybridized carbons (Fsp3) is 1.00. The van der Waals surface area contributed by atoms with E-state index in [1.165, 1.54) is 6.92 Å². The van der Waals surface area contributed by atoms with Crippen molar-refractivity contribution in [3.63, 3.8) is 0 Å². The minimum Gasteiger partial charge on any atom is -0.393 e. The van der Waals surface area contributed by atoms with Crippen LogP contribution in [-0.2, 0) is 0 Å². The van der Waals surface area contributed by atoms with E-state index in [0.29, 0.717) is 25.7 Å². The Bertz CT molecular complexity index is 139. The summed E-state index contributed by atoms with van der Waals surface area (Å²) in [5.74, 6) is -3.01. The summed E-state index contributed by atoms with van der Waals surface area (Å²) < 4.78 is 26.2. The van der Waals surface area contributed by atoms with Crippen molar-refractivity contribution in [2.24, 2.45) is 5.92 Å². The molecule has 3 heteroatoms. The van der Waals surface area contributed by atoms with Gasteiger partial charge in [-0.3, -0.25) is 0 Å². The second kappa shape index (κ2) is 3.69. The molecule has 0 aliphatic heterocycles. The quantitative estimate of drug-likeness (QED) is 0.689. The zero-order valence-corrected chi connectivity index (χ0v) is 7.39. The Labute approximate surface area is 71.8 Å². The number of halogens is 2. The average molecular weight is 178 g/mol. The third-order valence-electron chi connectivity index (χ3n) is 2.77. The molecule has 0 amide bonds. The summed E-state index contributed by atoms with van der Waals surface area (Å²) in [4.78, 5) is 0. The summed E-state index contributed by atoms with van der Waals surface area (Å²) in [6.45, 7) is 1.52. The number of hydrogen-bond donors (Lipinski definition) is 1. The van der Waals surface area contributed by atoms with Gasteiger partial charge in [-0.1, -0.05) is 6.92 Å². The van der Waals surface area contributed by atoms with Crippen molar-refractivity contribution in [1.82, 2.24) is 0 Å². The summed E-state index contributed by atoms with van der Waals surface area (Å²) in [5, 5.41) is 9.12. The molecule has 0 atom stereocenters. The molecule has 0 radical (unpaired) electrons. The Morgan fingerprint density at radius 3 is 2.17 bits per heavy atom. The molecule has 0 unspecified atom stereocenters. The summed E-state index contributed by atoms with van der Waals surface area (Å²) in [5.41, 5.74) is 0. The van der Waals surface area contributed by atoms with Gasteiger partial charge in [0.15, 0.2) is 0 Å². The normalized spacial score (nSPS) is 32.0. The van der Waals surface area contributed by atoms with Crippen LogP contribution < -0.4 is 0 Å². The Balaban J connectivity index is 2.44. The van der Waals surface area contributed by atoms with Gasteiger partial charge >= 0.3 is 0 Å². The first-order valence-corrected chi connectivity index (χ1v) is 4.62. The van der Waals surface area contributed by atoms with Crippen LogP contribution in [0.4, 0.5) is 8.78 Å². The number of rotatable bonds is 2.